The minimum Gasteiger partial charge on any atom is -0.481 e. The van der Waals surface area contributed by atoms with Gasteiger partial charge < -0.3 is 21.1 Å². The van der Waals surface area contributed by atoms with Crippen LogP contribution in [-0.2, 0) is 4.79 Å². The van der Waals surface area contributed by atoms with Crippen LogP contribution in [0, 0.1) is 29.1 Å². The van der Waals surface area contributed by atoms with Crippen LogP contribution in [0.25, 0.3) is 0 Å². The molecule has 9 heteroatoms. The number of nitrogens with one attached hydrogen (secondary N) is 3. The third-order valence-electron chi connectivity index (χ3n) is 5.40. The van der Waals surface area contributed by atoms with E-state index >= 15 is 0 Å². The number of nitrogens with zero attached hydrogens (tertiary/aromatic N) is 2. The highest BCUT2D eigenvalue weighted by Gasteiger charge is 2.46. The number of hydrogen-bond donors (Lipinski definition) is 4. The Bertz CT molecular complexity index is 751. The van der Waals surface area contributed by atoms with Crippen LogP contribution in [0.4, 0.5) is 4.39 Å². The summed E-state index contributed by atoms with van der Waals surface area (Å²) in [5.41, 5.74) is 14.0. The van der Waals surface area contributed by atoms with Crippen LogP contribution in [0.5, 0.6) is 5.88 Å². The van der Waals surface area contributed by atoms with Crippen molar-refractivity contribution in [1.29, 1.82) is 5.53 Å². The van der Waals surface area contributed by atoms with Gasteiger partial charge in [-0.25, -0.2) is 14.9 Å². The minimum absolute atomic E-state index is 0.0426. The molecule has 5 N–H and O–H groups in total. The van der Waals surface area contributed by atoms with E-state index < -0.39 is 11.9 Å². The number of aromatic nitrogens is 1. The summed E-state index contributed by atoms with van der Waals surface area (Å²) in [6.45, 7) is 1.78. The predicted octanol–water partition coefficient (Wildman–Crippen LogP) is 2.59. The van der Waals surface area contributed by atoms with E-state index in [1.165, 1.54) is 19.4 Å². The van der Waals surface area contributed by atoms with Crippen molar-refractivity contribution in [3.05, 3.63) is 35.7 Å². The second-order valence-corrected chi connectivity index (χ2v) is 7.55. The van der Waals surface area contributed by atoms with Crippen LogP contribution < -0.4 is 21.1 Å². The fourth-order valence-electron chi connectivity index (χ4n) is 3.63. The normalized spacial score (nSPS) is 19.1. The first-order chi connectivity index (χ1) is 13.4. The second kappa shape index (κ2) is 8.64. The van der Waals surface area contributed by atoms with Gasteiger partial charge in [0.15, 0.2) is 5.82 Å². The van der Waals surface area contributed by atoms with Gasteiger partial charge in [-0.1, -0.05) is 0 Å². The van der Waals surface area contributed by atoms with Crippen LogP contribution in [0.2, 0.25) is 0 Å². The zero-order valence-corrected chi connectivity index (χ0v) is 16.1. The third-order valence-corrected chi connectivity index (χ3v) is 5.40. The summed E-state index contributed by atoms with van der Waals surface area (Å²) in [4.78, 5) is 16.4. The molecule has 1 aromatic heterocycles. The molecule has 1 aromatic rings. The Morgan fingerprint density at radius 2 is 2.07 bits per heavy atom. The summed E-state index contributed by atoms with van der Waals surface area (Å²) < 4.78 is 18.7. The molecule has 1 amide bonds. The van der Waals surface area contributed by atoms with E-state index in [1.54, 1.807) is 6.92 Å². The van der Waals surface area contributed by atoms with E-state index in [1.807, 2.05) is 0 Å². The summed E-state index contributed by atoms with van der Waals surface area (Å²) in [6, 6.07) is 0.334. The molecule has 3 rings (SSSR count). The van der Waals surface area contributed by atoms with Gasteiger partial charge in [0.25, 0.3) is 0 Å². The monoisotopic (exact) mass is 390 g/mol. The van der Waals surface area contributed by atoms with Gasteiger partial charge in [0.2, 0.25) is 11.8 Å². The lowest BCUT2D eigenvalue weighted by Crippen LogP contribution is -2.46. The standard InChI is InChI=1S/C19H27FN6O2/c1-10(14-7-13(20)8-24-19(14)28-2)23-9-15(26-22)25-18(27)17(21)16(11-3-4-11)12-5-6-12/h7-12,16-17,22-23H,3-6,21H2,1-2H3,(H,25,27)/b15-9-,26-22?/t10?,17-/m0/s1. The van der Waals surface area contributed by atoms with Crippen molar-refractivity contribution in [2.45, 2.75) is 44.7 Å². The molecule has 2 aliphatic carbocycles. The number of carbonyl (C=O) groups is 1. The average Bonchev–Trinajstić information content (AvgIpc) is 3.59. The fraction of sp³-hybridized carbons (Fsp3) is 0.579. The van der Waals surface area contributed by atoms with Crippen LogP contribution in [0.3, 0.4) is 0 Å². The highest BCUT2D eigenvalue weighted by atomic mass is 19.1. The van der Waals surface area contributed by atoms with Crippen molar-refractivity contribution in [1.82, 2.24) is 15.6 Å². The van der Waals surface area contributed by atoms with Crippen molar-refractivity contribution < 1.29 is 13.9 Å². The van der Waals surface area contributed by atoms with Gasteiger partial charge >= 0.3 is 0 Å². The second-order valence-electron chi connectivity index (χ2n) is 7.55. The van der Waals surface area contributed by atoms with Crippen LogP contribution in [0.15, 0.2) is 29.4 Å². The Kier molecular flexibility index (Phi) is 6.23. The zero-order valence-electron chi connectivity index (χ0n) is 16.1. The molecule has 0 aliphatic heterocycles. The van der Waals surface area contributed by atoms with E-state index in [0.29, 0.717) is 23.3 Å². The summed E-state index contributed by atoms with van der Waals surface area (Å²) >= 11 is 0. The quantitative estimate of drug-likeness (QED) is 0.457. The Hall–Kier alpha value is -2.55. The van der Waals surface area contributed by atoms with E-state index in [4.69, 9.17) is 16.0 Å². The minimum atomic E-state index is -0.602. The third kappa shape index (κ3) is 4.83. The number of halogens is 1. The molecule has 2 saturated carbocycles. The van der Waals surface area contributed by atoms with Crippen LogP contribution in [-0.4, -0.2) is 24.0 Å². The molecule has 2 aliphatic rings. The van der Waals surface area contributed by atoms with E-state index in [2.05, 4.69) is 20.7 Å². The van der Waals surface area contributed by atoms with Gasteiger partial charge in [-0.15, -0.1) is 5.11 Å². The molecule has 1 heterocycles. The van der Waals surface area contributed by atoms with Gasteiger partial charge in [-0.2, -0.15) is 0 Å². The number of rotatable bonds is 10. The molecule has 28 heavy (non-hydrogen) atoms. The molecule has 0 saturated heterocycles. The van der Waals surface area contributed by atoms with Crippen molar-refractivity contribution in [3.63, 3.8) is 0 Å². The number of amides is 1. The van der Waals surface area contributed by atoms with Gasteiger partial charge in [-0.05, 0) is 56.4 Å². The molecule has 0 radical (unpaired) electrons. The first kappa shape index (κ1) is 20.2. The maximum atomic E-state index is 13.5. The Morgan fingerprint density at radius 3 is 2.61 bits per heavy atom. The highest BCUT2D eigenvalue weighted by molar-refractivity contribution is 5.83. The topological polar surface area (TPSA) is 125 Å². The Morgan fingerprint density at radius 1 is 1.43 bits per heavy atom. The molecule has 2 fully saturated rings. The van der Waals surface area contributed by atoms with E-state index in [0.717, 1.165) is 31.9 Å². The lowest BCUT2D eigenvalue weighted by Gasteiger charge is -2.23. The summed E-state index contributed by atoms with van der Waals surface area (Å²) in [6.07, 6.45) is 7.02. The number of hydrogen-bond acceptors (Lipinski definition) is 7. The first-order valence-electron chi connectivity index (χ1n) is 9.54. The van der Waals surface area contributed by atoms with Gasteiger partial charge in [0.05, 0.1) is 25.4 Å². The summed E-state index contributed by atoms with van der Waals surface area (Å²) in [5.74, 6) is 0.818. The maximum absolute atomic E-state index is 13.5. The molecule has 0 aromatic carbocycles. The number of pyridine rings is 1. The van der Waals surface area contributed by atoms with Crippen molar-refractivity contribution >= 4 is 5.91 Å². The number of carbonyl (C=O) groups excluding carboxylic acids is 1. The molecule has 8 nitrogen and oxygen atoms in total. The predicted molar refractivity (Wildman–Crippen MR) is 101 cm³/mol. The largest absolute Gasteiger partial charge is 0.481 e. The average molecular weight is 390 g/mol. The molecule has 152 valence electrons. The molecule has 1 unspecified atom stereocenters. The van der Waals surface area contributed by atoms with Crippen LogP contribution >= 0.6 is 0 Å². The Balaban J connectivity index is 1.62. The van der Waals surface area contributed by atoms with Gasteiger partial charge in [0.1, 0.15) is 5.82 Å². The molecular weight excluding hydrogens is 363 g/mol. The van der Waals surface area contributed by atoms with Gasteiger partial charge in [0, 0.05) is 11.8 Å². The molecular formula is C19H27FN6O2. The fourth-order valence-corrected chi connectivity index (χ4v) is 3.63. The maximum Gasteiger partial charge on any atom is 0.242 e. The number of methoxy groups -OCH3 is 1. The van der Waals surface area contributed by atoms with E-state index in [9.17, 15) is 9.18 Å². The lowest BCUT2D eigenvalue weighted by molar-refractivity contribution is -0.123. The number of nitrogens with two attached hydrogens (primary N) is 1. The first-order valence-corrected chi connectivity index (χ1v) is 9.54. The van der Waals surface area contributed by atoms with Crippen molar-refractivity contribution in [3.8, 4) is 5.88 Å². The van der Waals surface area contributed by atoms with E-state index in [-0.39, 0.29) is 23.7 Å². The smallest absolute Gasteiger partial charge is 0.242 e. The zero-order chi connectivity index (χ0) is 20.3. The van der Waals surface area contributed by atoms with Crippen LogP contribution in [0.1, 0.15) is 44.2 Å². The highest BCUT2D eigenvalue weighted by Crippen LogP contribution is 2.50. The Labute approximate surface area is 163 Å². The number of ether oxygens (including phenoxy) is 1. The van der Waals surface area contributed by atoms with Crippen molar-refractivity contribution in [2.24, 2.45) is 28.6 Å². The van der Waals surface area contributed by atoms with Gasteiger partial charge in [-0.3, -0.25) is 4.79 Å². The SMILES string of the molecule is COc1ncc(F)cc1C(C)N/C=C(\N=N)NC(=O)[C@@H](N)C(C1CC1)C1CC1. The summed E-state index contributed by atoms with van der Waals surface area (Å²) in [5, 5.41) is 8.95. The lowest BCUT2D eigenvalue weighted by atomic mass is 9.89. The molecule has 0 spiro atoms. The summed E-state index contributed by atoms with van der Waals surface area (Å²) in [7, 11) is 1.45. The molecule has 2 atom stereocenters. The van der Waals surface area contributed by atoms with Crippen molar-refractivity contribution in [2.75, 3.05) is 7.11 Å². The molecule has 0 bridgehead atoms.